The third-order valence-corrected chi connectivity index (χ3v) is 2.35. The predicted octanol–water partition coefficient (Wildman–Crippen LogP) is 1.04. The van der Waals surface area contributed by atoms with Gasteiger partial charge in [-0.3, -0.25) is 4.79 Å². The summed E-state index contributed by atoms with van der Waals surface area (Å²) in [5, 5.41) is 2.67. The van der Waals surface area contributed by atoms with Gasteiger partial charge in [-0.05, 0) is 12.1 Å². The van der Waals surface area contributed by atoms with Crippen LogP contribution in [-0.4, -0.2) is 39.9 Å². The van der Waals surface area contributed by atoms with Gasteiger partial charge < -0.3 is 25.3 Å². The van der Waals surface area contributed by atoms with Crippen molar-refractivity contribution >= 4 is 24.0 Å². The molecule has 1 atom stereocenters. The molecule has 0 spiro atoms. The first-order valence-corrected chi connectivity index (χ1v) is 5.39. The zero-order valence-electron chi connectivity index (χ0n) is 11.1. The highest BCUT2D eigenvalue weighted by Crippen LogP contribution is 2.28. The molecular weight excluding hydrogens is 272 g/mol. The fraction of sp³-hybridized carbons (Fsp3) is 0.417. The molecule has 0 aliphatic carbocycles. The molecule has 1 amide bonds. The lowest BCUT2D eigenvalue weighted by molar-refractivity contribution is -0.118. The van der Waals surface area contributed by atoms with Crippen LogP contribution < -0.4 is 20.5 Å². The van der Waals surface area contributed by atoms with Gasteiger partial charge in [0.25, 0.3) is 0 Å². The number of ether oxygens (including phenoxy) is 3. The van der Waals surface area contributed by atoms with E-state index in [2.05, 4.69) is 5.32 Å². The van der Waals surface area contributed by atoms with Crippen molar-refractivity contribution in [1.29, 1.82) is 0 Å². The number of carbonyl (C=O) groups excluding carboxylic acids is 1. The minimum Gasteiger partial charge on any atom is -0.497 e. The van der Waals surface area contributed by atoms with E-state index in [1.165, 1.54) is 14.2 Å². The van der Waals surface area contributed by atoms with Gasteiger partial charge in [0.2, 0.25) is 5.91 Å². The van der Waals surface area contributed by atoms with Gasteiger partial charge in [0.05, 0.1) is 26.5 Å². The van der Waals surface area contributed by atoms with Crippen LogP contribution in [0, 0.1) is 0 Å². The third-order valence-electron chi connectivity index (χ3n) is 2.35. The summed E-state index contributed by atoms with van der Waals surface area (Å²) < 4.78 is 15.0. The largest absolute Gasteiger partial charge is 0.497 e. The lowest BCUT2D eigenvalue weighted by Crippen LogP contribution is -2.39. The van der Waals surface area contributed by atoms with Crippen molar-refractivity contribution in [2.24, 2.45) is 5.73 Å². The van der Waals surface area contributed by atoms with Crippen LogP contribution in [-0.2, 0) is 9.53 Å². The van der Waals surface area contributed by atoms with E-state index in [-0.39, 0.29) is 24.9 Å². The molecule has 7 heteroatoms. The summed E-state index contributed by atoms with van der Waals surface area (Å²) in [6.45, 7) is 0.157. The van der Waals surface area contributed by atoms with E-state index in [1.807, 2.05) is 0 Å². The van der Waals surface area contributed by atoms with Crippen molar-refractivity contribution in [2.75, 3.05) is 33.3 Å². The normalized spacial score (nSPS) is 11.2. The Morgan fingerprint density at radius 1 is 1.32 bits per heavy atom. The number of carbonyl (C=O) groups is 1. The van der Waals surface area contributed by atoms with Crippen LogP contribution in [0.2, 0.25) is 0 Å². The Labute approximate surface area is 118 Å². The second-order valence-electron chi connectivity index (χ2n) is 3.62. The summed E-state index contributed by atoms with van der Waals surface area (Å²) in [6, 6.07) is 4.37. The van der Waals surface area contributed by atoms with Crippen molar-refractivity contribution in [3.05, 3.63) is 18.2 Å². The molecule has 1 rings (SSSR count). The number of nitrogens with one attached hydrogen (secondary N) is 1. The van der Waals surface area contributed by atoms with Crippen molar-refractivity contribution in [2.45, 2.75) is 6.04 Å². The first-order valence-electron chi connectivity index (χ1n) is 5.39. The Bertz CT molecular complexity index is 415. The zero-order valence-corrected chi connectivity index (χ0v) is 12.0. The number of methoxy groups -OCH3 is 3. The number of hydrogen-bond donors (Lipinski definition) is 2. The molecule has 0 radical (unpaired) electrons. The molecule has 0 aromatic heterocycles. The van der Waals surface area contributed by atoms with Crippen LogP contribution in [0.3, 0.4) is 0 Å². The van der Waals surface area contributed by atoms with E-state index in [0.717, 1.165) is 0 Å². The molecule has 3 N–H and O–H groups in total. The quantitative estimate of drug-likeness (QED) is 0.818. The molecule has 0 fully saturated rings. The highest BCUT2D eigenvalue weighted by molar-refractivity contribution is 5.96. The minimum atomic E-state index is -0.721. The van der Waals surface area contributed by atoms with E-state index in [9.17, 15) is 4.79 Å². The average molecular weight is 291 g/mol. The number of halogens is 1. The number of rotatable bonds is 6. The Hall–Kier alpha value is -1.50. The SMILES string of the molecule is COCC(N)C(=O)Nc1ccc(OC)cc1OC.Cl. The van der Waals surface area contributed by atoms with Crippen molar-refractivity contribution in [3.63, 3.8) is 0 Å². The summed E-state index contributed by atoms with van der Waals surface area (Å²) in [5.74, 6) is 0.818. The number of anilines is 1. The van der Waals surface area contributed by atoms with Gasteiger partial charge in [0.1, 0.15) is 17.5 Å². The molecule has 0 aliphatic heterocycles. The first-order chi connectivity index (χ1) is 8.62. The Morgan fingerprint density at radius 2 is 2.00 bits per heavy atom. The second-order valence-corrected chi connectivity index (χ2v) is 3.62. The van der Waals surface area contributed by atoms with Crippen LogP contribution in [0.1, 0.15) is 0 Å². The summed E-state index contributed by atoms with van der Waals surface area (Å²) in [6.07, 6.45) is 0. The molecule has 19 heavy (non-hydrogen) atoms. The molecule has 0 saturated carbocycles. The standard InChI is InChI=1S/C12H18N2O4.ClH/c1-16-7-9(13)12(15)14-10-5-4-8(17-2)6-11(10)18-3;/h4-6,9H,7,13H2,1-3H3,(H,14,15);1H. The highest BCUT2D eigenvalue weighted by Gasteiger charge is 2.15. The predicted molar refractivity (Wildman–Crippen MR) is 75.3 cm³/mol. The maximum atomic E-state index is 11.7. The van der Waals surface area contributed by atoms with Crippen LogP contribution in [0.5, 0.6) is 11.5 Å². The maximum absolute atomic E-state index is 11.7. The summed E-state index contributed by atoms with van der Waals surface area (Å²) >= 11 is 0. The van der Waals surface area contributed by atoms with Gasteiger partial charge in [-0.25, -0.2) is 0 Å². The van der Waals surface area contributed by atoms with E-state index >= 15 is 0 Å². The van der Waals surface area contributed by atoms with Gasteiger partial charge in [0, 0.05) is 13.2 Å². The van der Waals surface area contributed by atoms with Crippen molar-refractivity contribution < 1.29 is 19.0 Å². The van der Waals surface area contributed by atoms with Crippen LogP contribution in [0.25, 0.3) is 0 Å². The molecule has 1 unspecified atom stereocenters. The van der Waals surface area contributed by atoms with Crippen LogP contribution in [0.15, 0.2) is 18.2 Å². The van der Waals surface area contributed by atoms with Gasteiger partial charge in [0.15, 0.2) is 0 Å². The molecule has 0 bridgehead atoms. The van der Waals surface area contributed by atoms with E-state index in [1.54, 1.807) is 25.3 Å². The zero-order chi connectivity index (χ0) is 13.5. The van der Waals surface area contributed by atoms with Crippen molar-refractivity contribution in [1.82, 2.24) is 0 Å². The lowest BCUT2D eigenvalue weighted by atomic mass is 10.2. The summed E-state index contributed by atoms with van der Waals surface area (Å²) in [7, 11) is 4.56. The minimum absolute atomic E-state index is 0. The molecule has 1 aromatic rings. The second kappa shape index (κ2) is 8.58. The topological polar surface area (TPSA) is 82.8 Å². The molecular formula is C12H19ClN2O4. The van der Waals surface area contributed by atoms with E-state index in [0.29, 0.717) is 17.2 Å². The maximum Gasteiger partial charge on any atom is 0.243 e. The van der Waals surface area contributed by atoms with E-state index in [4.69, 9.17) is 19.9 Å². The lowest BCUT2D eigenvalue weighted by Gasteiger charge is -2.14. The number of hydrogen-bond acceptors (Lipinski definition) is 5. The summed E-state index contributed by atoms with van der Waals surface area (Å²) in [4.78, 5) is 11.7. The molecule has 1 aromatic carbocycles. The third kappa shape index (κ3) is 4.94. The smallest absolute Gasteiger partial charge is 0.243 e. The van der Waals surface area contributed by atoms with Gasteiger partial charge in [-0.15, -0.1) is 12.4 Å². The molecule has 108 valence electrons. The number of benzene rings is 1. The Balaban J connectivity index is 0.00000324. The fourth-order valence-electron chi connectivity index (χ4n) is 1.38. The number of nitrogens with two attached hydrogens (primary N) is 1. The molecule has 0 aliphatic rings. The monoisotopic (exact) mass is 290 g/mol. The number of amides is 1. The Morgan fingerprint density at radius 3 is 2.53 bits per heavy atom. The highest BCUT2D eigenvalue weighted by atomic mass is 35.5. The van der Waals surface area contributed by atoms with Gasteiger partial charge in [-0.2, -0.15) is 0 Å². The van der Waals surface area contributed by atoms with Crippen molar-refractivity contribution in [3.8, 4) is 11.5 Å². The Kier molecular flexibility index (Phi) is 7.90. The fourth-order valence-corrected chi connectivity index (χ4v) is 1.38. The van der Waals surface area contributed by atoms with Crippen LogP contribution >= 0.6 is 12.4 Å². The van der Waals surface area contributed by atoms with Gasteiger partial charge >= 0.3 is 0 Å². The molecule has 0 heterocycles. The van der Waals surface area contributed by atoms with E-state index < -0.39 is 6.04 Å². The molecule has 0 saturated heterocycles. The van der Waals surface area contributed by atoms with Crippen LogP contribution in [0.4, 0.5) is 5.69 Å². The first kappa shape index (κ1) is 17.5. The van der Waals surface area contributed by atoms with Gasteiger partial charge in [-0.1, -0.05) is 0 Å². The summed E-state index contributed by atoms with van der Waals surface area (Å²) in [5.41, 5.74) is 6.16. The molecule has 6 nitrogen and oxygen atoms in total. The average Bonchev–Trinajstić information content (AvgIpc) is 2.39.